The fourth-order valence-corrected chi connectivity index (χ4v) is 3.45. The molecule has 124 valence electrons. The number of likely N-dealkylation sites (tertiary alicyclic amines) is 1. The summed E-state index contributed by atoms with van der Waals surface area (Å²) in [5.74, 6) is -0.159. The maximum absolute atomic E-state index is 12.8. The van der Waals surface area contributed by atoms with E-state index in [0.717, 1.165) is 23.4 Å². The minimum atomic E-state index is -0.255. The Kier molecular flexibility index (Phi) is 3.76. The predicted octanol–water partition coefficient (Wildman–Crippen LogP) is 0.738. The highest BCUT2D eigenvalue weighted by Crippen LogP contribution is 2.24. The van der Waals surface area contributed by atoms with Gasteiger partial charge in [-0.1, -0.05) is 6.07 Å². The molecule has 1 fully saturated rings. The molecule has 0 aromatic carbocycles. The SMILES string of the molecule is O=C1C[C@@H](C(=O)N2CCc3[nH]ncc3C2)CN1Cc1ccccn1. The standard InChI is InChI=1S/C17H19N5O2/c23-16-7-12(9-22(16)11-14-3-1-2-5-18-14)17(24)21-6-4-15-13(10-21)8-19-20-15/h1-3,5,8,12H,4,6-7,9-11H2,(H,19,20)/t12-/m1/s1. The van der Waals surface area contributed by atoms with Gasteiger partial charge in [-0.3, -0.25) is 19.7 Å². The van der Waals surface area contributed by atoms with E-state index in [2.05, 4.69) is 15.2 Å². The molecule has 0 bridgehead atoms. The lowest BCUT2D eigenvalue weighted by molar-refractivity contribution is -0.136. The van der Waals surface area contributed by atoms with Crippen molar-refractivity contribution in [2.24, 2.45) is 5.92 Å². The van der Waals surface area contributed by atoms with Gasteiger partial charge in [0.05, 0.1) is 24.4 Å². The van der Waals surface area contributed by atoms with E-state index < -0.39 is 0 Å². The molecule has 0 saturated carbocycles. The summed E-state index contributed by atoms with van der Waals surface area (Å²) < 4.78 is 0. The van der Waals surface area contributed by atoms with Crippen LogP contribution in [-0.2, 0) is 29.1 Å². The van der Waals surface area contributed by atoms with Crippen molar-refractivity contribution >= 4 is 11.8 Å². The number of H-pyrrole nitrogens is 1. The zero-order chi connectivity index (χ0) is 16.5. The molecular weight excluding hydrogens is 306 g/mol. The van der Waals surface area contributed by atoms with Crippen LogP contribution >= 0.6 is 0 Å². The molecule has 2 aliphatic heterocycles. The van der Waals surface area contributed by atoms with E-state index in [-0.39, 0.29) is 17.7 Å². The monoisotopic (exact) mass is 325 g/mol. The van der Waals surface area contributed by atoms with Crippen molar-refractivity contribution in [1.29, 1.82) is 0 Å². The number of carbonyl (C=O) groups excluding carboxylic acids is 2. The number of nitrogens with zero attached hydrogens (tertiary/aromatic N) is 4. The average molecular weight is 325 g/mol. The van der Waals surface area contributed by atoms with E-state index in [0.29, 0.717) is 32.6 Å². The van der Waals surface area contributed by atoms with Gasteiger partial charge >= 0.3 is 0 Å². The largest absolute Gasteiger partial charge is 0.338 e. The summed E-state index contributed by atoms with van der Waals surface area (Å²) >= 11 is 0. The zero-order valence-electron chi connectivity index (χ0n) is 13.3. The average Bonchev–Trinajstić information content (AvgIpc) is 3.21. The van der Waals surface area contributed by atoms with Gasteiger partial charge in [0.15, 0.2) is 0 Å². The van der Waals surface area contributed by atoms with Crippen LogP contribution < -0.4 is 0 Å². The number of amides is 2. The number of hydrogen-bond donors (Lipinski definition) is 1. The first-order valence-corrected chi connectivity index (χ1v) is 8.18. The van der Waals surface area contributed by atoms with Crippen LogP contribution in [0.4, 0.5) is 0 Å². The Morgan fingerprint density at radius 2 is 2.29 bits per heavy atom. The number of carbonyl (C=O) groups is 2. The molecule has 2 aliphatic rings. The van der Waals surface area contributed by atoms with E-state index in [1.165, 1.54) is 0 Å². The molecule has 0 unspecified atom stereocenters. The Bertz CT molecular complexity index is 757. The molecule has 0 spiro atoms. The van der Waals surface area contributed by atoms with Gasteiger partial charge in [0.2, 0.25) is 11.8 Å². The van der Waals surface area contributed by atoms with Crippen LogP contribution in [0.1, 0.15) is 23.4 Å². The van der Waals surface area contributed by atoms with Crippen molar-refractivity contribution in [3.8, 4) is 0 Å². The molecule has 0 aliphatic carbocycles. The van der Waals surface area contributed by atoms with Crippen molar-refractivity contribution in [3.63, 3.8) is 0 Å². The number of nitrogens with one attached hydrogen (secondary N) is 1. The van der Waals surface area contributed by atoms with Crippen molar-refractivity contribution in [2.75, 3.05) is 13.1 Å². The van der Waals surface area contributed by atoms with Crippen LogP contribution in [0.25, 0.3) is 0 Å². The minimum Gasteiger partial charge on any atom is -0.338 e. The van der Waals surface area contributed by atoms with E-state index >= 15 is 0 Å². The van der Waals surface area contributed by atoms with Crippen molar-refractivity contribution < 1.29 is 9.59 Å². The zero-order valence-corrected chi connectivity index (χ0v) is 13.3. The first-order chi connectivity index (χ1) is 11.7. The summed E-state index contributed by atoms with van der Waals surface area (Å²) in [6, 6.07) is 5.65. The van der Waals surface area contributed by atoms with Crippen molar-refractivity contribution in [3.05, 3.63) is 47.5 Å². The summed E-state index contributed by atoms with van der Waals surface area (Å²) in [6.07, 6.45) is 4.58. The lowest BCUT2D eigenvalue weighted by Crippen LogP contribution is -2.40. The highest BCUT2D eigenvalue weighted by Gasteiger charge is 2.37. The van der Waals surface area contributed by atoms with Gasteiger partial charge in [0, 0.05) is 49.9 Å². The van der Waals surface area contributed by atoms with Gasteiger partial charge < -0.3 is 9.80 Å². The molecular formula is C17H19N5O2. The fourth-order valence-electron chi connectivity index (χ4n) is 3.45. The molecule has 1 saturated heterocycles. The number of aromatic nitrogens is 3. The first kappa shape index (κ1) is 14.9. The molecule has 1 atom stereocenters. The number of rotatable bonds is 3. The first-order valence-electron chi connectivity index (χ1n) is 8.18. The van der Waals surface area contributed by atoms with Gasteiger partial charge in [-0.05, 0) is 12.1 Å². The maximum atomic E-state index is 12.8. The van der Waals surface area contributed by atoms with Gasteiger partial charge in [-0.15, -0.1) is 0 Å². The van der Waals surface area contributed by atoms with Crippen LogP contribution in [0.2, 0.25) is 0 Å². The lowest BCUT2D eigenvalue weighted by Gasteiger charge is -2.28. The normalized spacial score (nSPS) is 20.3. The molecule has 24 heavy (non-hydrogen) atoms. The van der Waals surface area contributed by atoms with Crippen molar-refractivity contribution in [1.82, 2.24) is 25.0 Å². The van der Waals surface area contributed by atoms with Gasteiger partial charge in [-0.2, -0.15) is 5.10 Å². The summed E-state index contributed by atoms with van der Waals surface area (Å²) in [4.78, 5) is 32.9. The third-order valence-corrected chi connectivity index (χ3v) is 4.75. The molecule has 1 N–H and O–H groups in total. The quantitative estimate of drug-likeness (QED) is 0.902. The number of hydrogen-bond acceptors (Lipinski definition) is 4. The topological polar surface area (TPSA) is 82.2 Å². The molecule has 2 aromatic heterocycles. The highest BCUT2D eigenvalue weighted by molar-refractivity contribution is 5.89. The van der Waals surface area contributed by atoms with Gasteiger partial charge in [0.1, 0.15) is 0 Å². The van der Waals surface area contributed by atoms with Crippen LogP contribution in [-0.4, -0.2) is 49.9 Å². The molecule has 4 rings (SSSR count). The summed E-state index contributed by atoms with van der Waals surface area (Å²) in [5, 5.41) is 7.00. The Labute approximate surface area is 139 Å². The smallest absolute Gasteiger partial charge is 0.228 e. The highest BCUT2D eigenvalue weighted by atomic mass is 16.2. The fraction of sp³-hybridized carbons (Fsp3) is 0.412. The molecule has 7 heteroatoms. The number of pyridine rings is 1. The summed E-state index contributed by atoms with van der Waals surface area (Å²) in [6.45, 7) is 2.20. The minimum absolute atomic E-state index is 0.0278. The van der Waals surface area contributed by atoms with Crippen molar-refractivity contribution in [2.45, 2.75) is 25.9 Å². The third kappa shape index (κ3) is 2.77. The molecule has 4 heterocycles. The lowest BCUT2D eigenvalue weighted by atomic mass is 10.0. The third-order valence-electron chi connectivity index (χ3n) is 4.75. The summed E-state index contributed by atoms with van der Waals surface area (Å²) in [5.41, 5.74) is 3.03. The van der Waals surface area contributed by atoms with E-state index in [9.17, 15) is 9.59 Å². The predicted molar refractivity (Wildman–Crippen MR) is 85.5 cm³/mol. The second kappa shape index (κ2) is 6.07. The number of fused-ring (bicyclic) bond motifs is 1. The summed E-state index contributed by atoms with van der Waals surface area (Å²) in [7, 11) is 0. The second-order valence-corrected chi connectivity index (χ2v) is 6.38. The Balaban J connectivity index is 1.40. The van der Waals surface area contributed by atoms with Crippen LogP contribution in [0.5, 0.6) is 0 Å². The van der Waals surface area contributed by atoms with Gasteiger partial charge in [-0.25, -0.2) is 0 Å². The van der Waals surface area contributed by atoms with E-state index in [4.69, 9.17) is 0 Å². The molecule has 7 nitrogen and oxygen atoms in total. The van der Waals surface area contributed by atoms with Crippen LogP contribution in [0.3, 0.4) is 0 Å². The maximum Gasteiger partial charge on any atom is 0.228 e. The Hall–Kier alpha value is -2.70. The molecule has 2 amide bonds. The Morgan fingerprint density at radius 3 is 3.12 bits per heavy atom. The Morgan fingerprint density at radius 1 is 1.38 bits per heavy atom. The molecule has 2 aromatic rings. The second-order valence-electron chi connectivity index (χ2n) is 6.38. The van der Waals surface area contributed by atoms with Gasteiger partial charge in [0.25, 0.3) is 0 Å². The van der Waals surface area contributed by atoms with E-state index in [1.807, 2.05) is 23.1 Å². The van der Waals surface area contributed by atoms with Crippen LogP contribution in [0.15, 0.2) is 30.6 Å². The molecule has 0 radical (unpaired) electrons. The van der Waals surface area contributed by atoms with Crippen LogP contribution in [0, 0.1) is 5.92 Å². The number of aromatic amines is 1. The van der Waals surface area contributed by atoms with E-state index in [1.54, 1.807) is 17.3 Å².